The molecule has 2 N–H and O–H groups in total. The quantitative estimate of drug-likeness (QED) is 0.441. The van der Waals surface area contributed by atoms with Crippen LogP contribution < -0.4 is 5.32 Å². The van der Waals surface area contributed by atoms with Crippen LogP contribution in [0.15, 0.2) is 60.9 Å². The molecule has 0 atom stereocenters. The van der Waals surface area contributed by atoms with Gasteiger partial charge in [0, 0.05) is 40.8 Å². The van der Waals surface area contributed by atoms with Crippen LogP contribution in [0.25, 0.3) is 10.9 Å². The molecule has 0 saturated heterocycles. The molecule has 1 amide bonds. The minimum atomic E-state index is -0.375. The summed E-state index contributed by atoms with van der Waals surface area (Å²) in [5.41, 5.74) is 3.08. The third kappa shape index (κ3) is 4.66. The van der Waals surface area contributed by atoms with Crippen molar-refractivity contribution in [3.05, 3.63) is 82.9 Å². The molecular formula is C22H20ClFN4O. The summed E-state index contributed by atoms with van der Waals surface area (Å²) in [7, 11) is 0. The van der Waals surface area contributed by atoms with Gasteiger partial charge in [0.1, 0.15) is 5.82 Å². The predicted molar refractivity (Wildman–Crippen MR) is 113 cm³/mol. The third-order valence-electron chi connectivity index (χ3n) is 4.78. The molecule has 148 valence electrons. The van der Waals surface area contributed by atoms with E-state index in [2.05, 4.69) is 21.5 Å². The second-order valence-corrected chi connectivity index (χ2v) is 7.30. The molecule has 0 aliphatic heterocycles. The predicted octanol–water partition coefficient (Wildman–Crippen LogP) is 5.17. The smallest absolute Gasteiger partial charge is 0.225 e. The number of halogens is 2. The highest BCUT2D eigenvalue weighted by Crippen LogP contribution is 2.20. The number of anilines is 1. The van der Waals surface area contributed by atoms with E-state index in [0.717, 1.165) is 23.9 Å². The van der Waals surface area contributed by atoms with Gasteiger partial charge in [-0.3, -0.25) is 9.48 Å². The number of carbonyl (C=O) groups is 1. The van der Waals surface area contributed by atoms with Crippen molar-refractivity contribution in [3.63, 3.8) is 0 Å². The average Bonchev–Trinajstić information content (AvgIpc) is 3.31. The lowest BCUT2D eigenvalue weighted by Crippen LogP contribution is -2.12. The lowest BCUT2D eigenvalue weighted by molar-refractivity contribution is -0.116. The number of H-pyrrole nitrogens is 1. The van der Waals surface area contributed by atoms with Crippen LogP contribution in [-0.2, 0) is 17.8 Å². The van der Waals surface area contributed by atoms with Crippen molar-refractivity contribution in [1.29, 1.82) is 0 Å². The zero-order valence-electron chi connectivity index (χ0n) is 15.7. The van der Waals surface area contributed by atoms with Crippen LogP contribution in [0.2, 0.25) is 5.02 Å². The van der Waals surface area contributed by atoms with Gasteiger partial charge < -0.3 is 10.3 Å². The Balaban J connectivity index is 1.29. The van der Waals surface area contributed by atoms with Crippen LogP contribution in [0.4, 0.5) is 10.2 Å². The number of nitrogens with zero attached hydrogens (tertiary/aromatic N) is 2. The maximum atomic E-state index is 13.1. The number of aromatic amines is 1. The summed E-state index contributed by atoms with van der Waals surface area (Å²) in [5, 5.41) is 8.70. The first-order chi connectivity index (χ1) is 14.1. The number of aryl methyl sites for hydroxylation is 1. The summed E-state index contributed by atoms with van der Waals surface area (Å²) >= 11 is 6.05. The van der Waals surface area contributed by atoms with Crippen molar-refractivity contribution in [2.75, 3.05) is 5.32 Å². The molecule has 29 heavy (non-hydrogen) atoms. The van der Waals surface area contributed by atoms with E-state index in [-0.39, 0.29) is 11.7 Å². The largest absolute Gasteiger partial charge is 0.361 e. The highest BCUT2D eigenvalue weighted by atomic mass is 35.5. The zero-order chi connectivity index (χ0) is 20.2. The number of aromatic nitrogens is 3. The molecule has 5 nitrogen and oxygen atoms in total. The standard InChI is InChI=1S/C22H20ClFN4O/c23-19-12-17(24)9-8-16(19)14-28-11-10-21(27-28)26-22(29)7-3-4-15-13-25-20-6-2-1-5-18(15)20/h1-2,5-6,8-13,25H,3-4,7,14H2,(H,26,27,29). The lowest BCUT2D eigenvalue weighted by Gasteiger charge is -2.05. The Hall–Kier alpha value is -3.12. The monoisotopic (exact) mass is 410 g/mol. The molecule has 2 aromatic carbocycles. The molecule has 0 unspecified atom stereocenters. The molecule has 4 rings (SSSR count). The molecule has 0 aliphatic rings. The second kappa shape index (κ2) is 8.49. The van der Waals surface area contributed by atoms with Crippen molar-refractivity contribution in [3.8, 4) is 0 Å². The number of para-hydroxylation sites is 1. The van der Waals surface area contributed by atoms with Crippen LogP contribution >= 0.6 is 11.6 Å². The molecular weight excluding hydrogens is 391 g/mol. The van der Waals surface area contributed by atoms with Gasteiger partial charge in [-0.15, -0.1) is 0 Å². The van der Waals surface area contributed by atoms with E-state index in [1.165, 1.54) is 23.1 Å². The molecule has 0 saturated carbocycles. The van der Waals surface area contributed by atoms with Crippen molar-refractivity contribution >= 4 is 34.2 Å². The maximum Gasteiger partial charge on any atom is 0.225 e. The number of fused-ring (bicyclic) bond motifs is 1. The number of benzene rings is 2. The van der Waals surface area contributed by atoms with Crippen LogP contribution in [0.1, 0.15) is 24.0 Å². The van der Waals surface area contributed by atoms with E-state index in [0.29, 0.717) is 23.8 Å². The third-order valence-corrected chi connectivity index (χ3v) is 5.13. The van der Waals surface area contributed by atoms with Crippen LogP contribution in [-0.4, -0.2) is 20.7 Å². The van der Waals surface area contributed by atoms with E-state index in [4.69, 9.17) is 11.6 Å². The Bertz CT molecular complexity index is 1150. The molecule has 0 bridgehead atoms. The summed E-state index contributed by atoms with van der Waals surface area (Å²) in [4.78, 5) is 15.5. The minimum absolute atomic E-state index is 0.0742. The molecule has 2 aromatic heterocycles. The van der Waals surface area contributed by atoms with Crippen LogP contribution in [0, 0.1) is 5.82 Å². The Kier molecular flexibility index (Phi) is 5.62. The van der Waals surface area contributed by atoms with Gasteiger partial charge in [-0.1, -0.05) is 35.9 Å². The normalized spacial score (nSPS) is 11.1. The summed E-state index contributed by atoms with van der Waals surface area (Å²) in [6, 6.07) is 14.1. The Labute approximate surface area is 172 Å². The number of hydrogen-bond donors (Lipinski definition) is 2. The molecule has 0 fully saturated rings. The van der Waals surface area contributed by atoms with Crippen molar-refractivity contribution in [2.24, 2.45) is 0 Å². The molecule has 4 aromatic rings. The van der Waals surface area contributed by atoms with Gasteiger partial charge in [0.05, 0.1) is 6.54 Å². The summed E-state index contributed by atoms with van der Waals surface area (Å²) in [5.74, 6) is 0.0371. The van der Waals surface area contributed by atoms with E-state index in [1.54, 1.807) is 23.0 Å². The topological polar surface area (TPSA) is 62.7 Å². The van der Waals surface area contributed by atoms with E-state index >= 15 is 0 Å². The van der Waals surface area contributed by atoms with Gasteiger partial charge >= 0.3 is 0 Å². The Morgan fingerprint density at radius 3 is 2.90 bits per heavy atom. The van der Waals surface area contributed by atoms with Gasteiger partial charge in [0.25, 0.3) is 0 Å². The number of carbonyl (C=O) groups excluding carboxylic acids is 1. The SMILES string of the molecule is O=C(CCCc1c[nH]c2ccccc12)Nc1ccn(Cc2ccc(F)cc2Cl)n1. The highest BCUT2D eigenvalue weighted by Gasteiger charge is 2.09. The van der Waals surface area contributed by atoms with E-state index in [9.17, 15) is 9.18 Å². The number of rotatable bonds is 7. The molecule has 0 radical (unpaired) electrons. The van der Waals surface area contributed by atoms with Crippen molar-refractivity contribution < 1.29 is 9.18 Å². The first kappa shape index (κ1) is 19.2. The fourth-order valence-electron chi connectivity index (χ4n) is 3.32. The van der Waals surface area contributed by atoms with Crippen molar-refractivity contribution in [1.82, 2.24) is 14.8 Å². The molecule has 0 aliphatic carbocycles. The summed E-state index contributed by atoms with van der Waals surface area (Å²) < 4.78 is 14.8. The molecule has 0 spiro atoms. The first-order valence-electron chi connectivity index (χ1n) is 9.41. The summed E-state index contributed by atoms with van der Waals surface area (Å²) in [6.07, 6.45) is 5.75. The van der Waals surface area contributed by atoms with Gasteiger partial charge in [0.2, 0.25) is 5.91 Å². The lowest BCUT2D eigenvalue weighted by atomic mass is 10.1. The van der Waals surface area contributed by atoms with Gasteiger partial charge in [-0.05, 0) is 42.2 Å². The van der Waals surface area contributed by atoms with Gasteiger partial charge in [0.15, 0.2) is 5.82 Å². The fourth-order valence-corrected chi connectivity index (χ4v) is 3.55. The fraction of sp³-hybridized carbons (Fsp3) is 0.182. The Morgan fingerprint density at radius 2 is 2.03 bits per heavy atom. The van der Waals surface area contributed by atoms with E-state index in [1.807, 2.05) is 24.4 Å². The molecule has 2 heterocycles. The summed E-state index contributed by atoms with van der Waals surface area (Å²) in [6.45, 7) is 0.398. The van der Waals surface area contributed by atoms with E-state index < -0.39 is 0 Å². The average molecular weight is 411 g/mol. The number of amides is 1. The van der Waals surface area contributed by atoms with Crippen LogP contribution in [0.3, 0.4) is 0 Å². The first-order valence-corrected chi connectivity index (χ1v) is 9.78. The maximum absolute atomic E-state index is 13.1. The number of nitrogens with one attached hydrogen (secondary N) is 2. The van der Waals surface area contributed by atoms with Crippen molar-refractivity contribution in [2.45, 2.75) is 25.8 Å². The van der Waals surface area contributed by atoms with Crippen LogP contribution in [0.5, 0.6) is 0 Å². The minimum Gasteiger partial charge on any atom is -0.361 e. The Morgan fingerprint density at radius 1 is 1.17 bits per heavy atom. The second-order valence-electron chi connectivity index (χ2n) is 6.90. The number of hydrogen-bond acceptors (Lipinski definition) is 2. The van der Waals surface area contributed by atoms with Gasteiger partial charge in [-0.25, -0.2) is 4.39 Å². The molecule has 7 heteroatoms. The zero-order valence-corrected chi connectivity index (χ0v) is 16.4. The van der Waals surface area contributed by atoms with Gasteiger partial charge in [-0.2, -0.15) is 5.10 Å². The highest BCUT2D eigenvalue weighted by molar-refractivity contribution is 6.31.